The van der Waals surface area contributed by atoms with Crippen molar-refractivity contribution in [3.05, 3.63) is 107 Å². The first-order valence-corrected chi connectivity index (χ1v) is 12.0. The van der Waals surface area contributed by atoms with Gasteiger partial charge in [-0.1, -0.05) is 78.4 Å². The Kier molecular flexibility index (Phi) is 7.29. The van der Waals surface area contributed by atoms with Crippen molar-refractivity contribution in [3.63, 3.8) is 0 Å². The Bertz CT molecular complexity index is 1190. The molecule has 1 N–H and O–H groups in total. The second-order valence-corrected chi connectivity index (χ2v) is 9.05. The Labute approximate surface area is 197 Å². The fourth-order valence-corrected chi connectivity index (χ4v) is 4.64. The van der Waals surface area contributed by atoms with Crippen LogP contribution in [0.2, 0.25) is 0 Å². The first-order chi connectivity index (χ1) is 16.0. The minimum Gasteiger partial charge on any atom is -0.354 e. The molecule has 0 bridgehead atoms. The Hall–Kier alpha value is -3.33. The third-order valence-electron chi connectivity index (χ3n) is 6.52. The van der Waals surface area contributed by atoms with E-state index in [1.54, 1.807) is 0 Å². The second kappa shape index (κ2) is 10.5. The molecule has 0 saturated carbocycles. The molecule has 0 fully saturated rings. The van der Waals surface area contributed by atoms with Gasteiger partial charge in [0.05, 0.1) is 0 Å². The van der Waals surface area contributed by atoms with E-state index in [9.17, 15) is 4.79 Å². The lowest BCUT2D eigenvalue weighted by atomic mass is 9.87. The van der Waals surface area contributed by atoms with E-state index in [-0.39, 0.29) is 17.9 Å². The number of fused-ring (bicyclic) bond motifs is 1. The number of hydrogen-bond acceptors (Lipinski definition) is 1. The molecule has 33 heavy (non-hydrogen) atoms. The quantitative estimate of drug-likeness (QED) is 0.313. The molecule has 1 amide bonds. The van der Waals surface area contributed by atoms with Gasteiger partial charge in [0, 0.05) is 42.0 Å². The smallest absolute Gasteiger partial charge is 0.221 e. The number of nitrogens with zero attached hydrogens (tertiary/aromatic N) is 1. The van der Waals surface area contributed by atoms with Crippen molar-refractivity contribution in [2.45, 2.75) is 58.5 Å². The summed E-state index contributed by atoms with van der Waals surface area (Å²) in [6, 6.07) is 27.7. The number of rotatable bonds is 9. The number of carbonyl (C=O) groups excluding carboxylic acids is 1. The van der Waals surface area contributed by atoms with E-state index in [1.165, 1.54) is 33.2 Å². The first kappa shape index (κ1) is 22.8. The predicted molar refractivity (Wildman–Crippen MR) is 138 cm³/mol. The second-order valence-electron chi connectivity index (χ2n) is 9.05. The molecule has 0 aliphatic rings. The fourth-order valence-electron chi connectivity index (χ4n) is 4.64. The van der Waals surface area contributed by atoms with Crippen molar-refractivity contribution in [2.24, 2.45) is 0 Å². The van der Waals surface area contributed by atoms with Crippen LogP contribution >= 0.6 is 0 Å². The highest BCUT2D eigenvalue weighted by molar-refractivity contribution is 5.86. The third kappa shape index (κ3) is 5.54. The standard InChI is InChI=1S/C30H34N2O/c1-4-32-21-28(26-12-8-9-13-29(26)32)27(25-18-14-22(2)15-19-25)20-30(33)31-23(3)16-17-24-10-6-5-7-11-24/h5-15,18-19,21,23,27H,4,16-17,20H2,1-3H3,(H,31,33)/t23-,27-/m1/s1. The van der Waals surface area contributed by atoms with Gasteiger partial charge in [-0.05, 0) is 56.4 Å². The molecule has 0 radical (unpaired) electrons. The van der Waals surface area contributed by atoms with E-state index < -0.39 is 0 Å². The molecular formula is C30H34N2O. The van der Waals surface area contributed by atoms with Crippen molar-refractivity contribution in [2.75, 3.05) is 0 Å². The molecule has 3 heteroatoms. The van der Waals surface area contributed by atoms with Gasteiger partial charge in [0.2, 0.25) is 5.91 Å². The maximum absolute atomic E-state index is 13.2. The summed E-state index contributed by atoms with van der Waals surface area (Å²) in [4.78, 5) is 13.2. The van der Waals surface area contributed by atoms with Gasteiger partial charge in [0.1, 0.15) is 0 Å². The minimum absolute atomic E-state index is 0.0182. The van der Waals surface area contributed by atoms with Gasteiger partial charge in [-0.15, -0.1) is 0 Å². The lowest BCUT2D eigenvalue weighted by Crippen LogP contribution is -2.33. The maximum atomic E-state index is 13.2. The molecule has 2 atom stereocenters. The van der Waals surface area contributed by atoms with Crippen LogP contribution in [0, 0.1) is 6.92 Å². The number of aryl methyl sites for hydroxylation is 3. The molecule has 4 aromatic rings. The molecule has 0 aliphatic carbocycles. The van der Waals surface area contributed by atoms with Gasteiger partial charge < -0.3 is 9.88 Å². The zero-order valence-corrected chi connectivity index (χ0v) is 19.9. The van der Waals surface area contributed by atoms with Gasteiger partial charge in [-0.3, -0.25) is 4.79 Å². The van der Waals surface area contributed by atoms with Crippen molar-refractivity contribution in [3.8, 4) is 0 Å². The highest BCUT2D eigenvalue weighted by Crippen LogP contribution is 2.35. The van der Waals surface area contributed by atoms with Crippen LogP contribution in [0.15, 0.2) is 85.1 Å². The zero-order chi connectivity index (χ0) is 23.2. The molecular weight excluding hydrogens is 404 g/mol. The SMILES string of the molecule is CCn1cc([C@H](CC(=O)N[C@H](C)CCc2ccccc2)c2ccc(C)cc2)c2ccccc21. The summed E-state index contributed by atoms with van der Waals surface area (Å²) < 4.78 is 2.28. The van der Waals surface area contributed by atoms with Gasteiger partial charge in [-0.2, -0.15) is 0 Å². The van der Waals surface area contributed by atoms with E-state index in [0.29, 0.717) is 6.42 Å². The van der Waals surface area contributed by atoms with Crippen molar-refractivity contribution in [1.82, 2.24) is 9.88 Å². The van der Waals surface area contributed by atoms with Crippen LogP contribution in [0.1, 0.15) is 54.9 Å². The van der Waals surface area contributed by atoms with Crippen LogP contribution in [-0.2, 0) is 17.8 Å². The number of para-hydroxylation sites is 1. The molecule has 0 aliphatic heterocycles. The van der Waals surface area contributed by atoms with Gasteiger partial charge in [-0.25, -0.2) is 0 Å². The predicted octanol–water partition coefficient (Wildman–Crippen LogP) is 6.63. The Balaban J connectivity index is 1.55. The number of benzene rings is 3. The third-order valence-corrected chi connectivity index (χ3v) is 6.52. The summed E-state index contributed by atoms with van der Waals surface area (Å²) in [6.45, 7) is 7.27. The topological polar surface area (TPSA) is 34.0 Å². The monoisotopic (exact) mass is 438 g/mol. The van der Waals surface area contributed by atoms with E-state index in [2.05, 4.69) is 110 Å². The molecule has 3 aromatic carbocycles. The Morgan fingerprint density at radius 3 is 2.36 bits per heavy atom. The largest absolute Gasteiger partial charge is 0.354 e. The average molecular weight is 439 g/mol. The van der Waals surface area contributed by atoms with Crippen molar-refractivity contribution < 1.29 is 4.79 Å². The van der Waals surface area contributed by atoms with Crippen LogP contribution in [0.4, 0.5) is 0 Å². The molecule has 1 heterocycles. The van der Waals surface area contributed by atoms with E-state index in [0.717, 1.165) is 19.4 Å². The van der Waals surface area contributed by atoms with Crippen LogP contribution in [0.3, 0.4) is 0 Å². The lowest BCUT2D eigenvalue weighted by molar-refractivity contribution is -0.121. The first-order valence-electron chi connectivity index (χ1n) is 12.0. The fraction of sp³-hybridized carbons (Fsp3) is 0.300. The van der Waals surface area contributed by atoms with E-state index >= 15 is 0 Å². The van der Waals surface area contributed by atoms with Gasteiger partial charge >= 0.3 is 0 Å². The molecule has 0 spiro atoms. The highest BCUT2D eigenvalue weighted by Gasteiger charge is 2.23. The number of carbonyl (C=O) groups is 1. The van der Waals surface area contributed by atoms with Crippen LogP contribution in [-0.4, -0.2) is 16.5 Å². The van der Waals surface area contributed by atoms with Crippen molar-refractivity contribution in [1.29, 1.82) is 0 Å². The number of nitrogens with one attached hydrogen (secondary N) is 1. The Morgan fingerprint density at radius 1 is 0.939 bits per heavy atom. The average Bonchev–Trinajstić information content (AvgIpc) is 3.21. The number of amides is 1. The van der Waals surface area contributed by atoms with Crippen LogP contribution in [0.25, 0.3) is 10.9 Å². The van der Waals surface area contributed by atoms with Crippen LogP contribution in [0.5, 0.6) is 0 Å². The summed E-state index contributed by atoms with van der Waals surface area (Å²) in [7, 11) is 0. The molecule has 1 aromatic heterocycles. The lowest BCUT2D eigenvalue weighted by Gasteiger charge is -2.20. The summed E-state index contributed by atoms with van der Waals surface area (Å²) in [5.74, 6) is 0.124. The zero-order valence-electron chi connectivity index (χ0n) is 19.9. The van der Waals surface area contributed by atoms with Crippen molar-refractivity contribution >= 4 is 16.8 Å². The summed E-state index contributed by atoms with van der Waals surface area (Å²) in [5.41, 5.74) is 6.18. The Morgan fingerprint density at radius 2 is 1.64 bits per heavy atom. The summed E-state index contributed by atoms with van der Waals surface area (Å²) in [6.07, 6.45) is 4.57. The minimum atomic E-state index is 0.0182. The highest BCUT2D eigenvalue weighted by atomic mass is 16.1. The number of aromatic nitrogens is 1. The summed E-state index contributed by atoms with van der Waals surface area (Å²) >= 11 is 0. The molecule has 3 nitrogen and oxygen atoms in total. The normalized spacial score (nSPS) is 13.1. The number of hydrogen-bond donors (Lipinski definition) is 1. The van der Waals surface area contributed by atoms with Gasteiger partial charge in [0.25, 0.3) is 0 Å². The van der Waals surface area contributed by atoms with Gasteiger partial charge in [0.15, 0.2) is 0 Å². The molecule has 0 unspecified atom stereocenters. The molecule has 0 saturated heterocycles. The van der Waals surface area contributed by atoms with Crippen LogP contribution < -0.4 is 5.32 Å². The molecule has 4 rings (SSSR count). The summed E-state index contributed by atoms with van der Waals surface area (Å²) in [5, 5.41) is 4.49. The van der Waals surface area contributed by atoms with E-state index in [1.807, 2.05) is 6.07 Å². The van der Waals surface area contributed by atoms with E-state index in [4.69, 9.17) is 0 Å². The molecule has 170 valence electrons. The maximum Gasteiger partial charge on any atom is 0.221 e.